The van der Waals surface area contributed by atoms with Gasteiger partial charge in [-0.25, -0.2) is 17.2 Å². The second-order valence-electron chi connectivity index (χ2n) is 10.6. The Kier molecular flexibility index (Phi) is 9.92. The van der Waals surface area contributed by atoms with Crippen molar-refractivity contribution in [2.75, 3.05) is 72.6 Å². The molecule has 0 unspecified atom stereocenters. The van der Waals surface area contributed by atoms with Gasteiger partial charge in [-0.1, -0.05) is 29.3 Å². The molecule has 3 aliphatic rings. The van der Waals surface area contributed by atoms with Crippen molar-refractivity contribution in [1.82, 2.24) is 19.0 Å². The number of sulfonamides is 1. The first-order valence-electron chi connectivity index (χ1n) is 13.1. The molecule has 3 heterocycles. The number of ether oxygens (including phenoxy) is 1. The third-order valence-corrected chi connectivity index (χ3v) is 10.6. The zero-order valence-corrected chi connectivity index (χ0v) is 24.0. The Morgan fingerprint density at radius 1 is 1.05 bits per heavy atom. The fourth-order valence-corrected chi connectivity index (χ4v) is 8.18. The molecule has 1 amide bonds. The van der Waals surface area contributed by atoms with E-state index in [1.807, 2.05) is 0 Å². The van der Waals surface area contributed by atoms with E-state index < -0.39 is 41.4 Å². The van der Waals surface area contributed by atoms with Gasteiger partial charge in [0.05, 0.1) is 22.7 Å². The molecule has 0 spiro atoms. The van der Waals surface area contributed by atoms with Gasteiger partial charge < -0.3 is 14.5 Å². The Morgan fingerprint density at radius 2 is 1.68 bits per heavy atom. The number of carbonyl (C=O) groups is 1. The number of piperazine rings is 1. The molecule has 4 rings (SSSR count). The highest BCUT2D eigenvalue weighted by Gasteiger charge is 2.46. The number of hydrogen-bond donors (Lipinski definition) is 0. The molecule has 0 N–H and O–H groups in total. The van der Waals surface area contributed by atoms with E-state index in [0.717, 1.165) is 37.0 Å². The first-order valence-corrected chi connectivity index (χ1v) is 15.3. The van der Waals surface area contributed by atoms with Crippen molar-refractivity contribution in [3.05, 3.63) is 28.2 Å². The Morgan fingerprint density at radius 3 is 2.32 bits per heavy atom. The second kappa shape index (κ2) is 12.6. The van der Waals surface area contributed by atoms with Crippen LogP contribution in [0.5, 0.6) is 0 Å². The Balaban J connectivity index is 1.30. The lowest BCUT2D eigenvalue weighted by Gasteiger charge is -2.39. The molecule has 1 atom stereocenters. The number of alkyl halides is 2. The fourth-order valence-electron chi connectivity index (χ4n) is 5.47. The molecule has 38 heavy (non-hydrogen) atoms. The number of rotatable bonds is 8. The summed E-state index contributed by atoms with van der Waals surface area (Å²) in [5, 5.41) is -0.167. The summed E-state index contributed by atoms with van der Waals surface area (Å²) in [4.78, 5) is 18.9. The van der Waals surface area contributed by atoms with Gasteiger partial charge in [0, 0.05) is 52.1 Å². The predicted molar refractivity (Wildman–Crippen MR) is 142 cm³/mol. The Hall–Kier alpha value is -1.08. The van der Waals surface area contributed by atoms with Gasteiger partial charge in [0.15, 0.2) is 0 Å². The molecule has 0 bridgehead atoms. The van der Waals surface area contributed by atoms with Gasteiger partial charge in [0.1, 0.15) is 11.5 Å². The largest absolute Gasteiger partial charge is 0.370 e. The second-order valence-corrected chi connectivity index (χ2v) is 13.2. The molecule has 214 valence electrons. The number of halogens is 4. The van der Waals surface area contributed by atoms with Crippen LogP contribution >= 0.6 is 23.2 Å². The predicted octanol–water partition coefficient (Wildman–Crippen LogP) is 3.28. The average Bonchev–Trinajstić information content (AvgIpc) is 2.85. The zero-order valence-electron chi connectivity index (χ0n) is 21.6. The van der Waals surface area contributed by atoms with E-state index in [2.05, 4.69) is 16.8 Å². The first kappa shape index (κ1) is 29.9. The van der Waals surface area contributed by atoms with Crippen molar-refractivity contribution >= 4 is 39.1 Å². The third-order valence-electron chi connectivity index (χ3n) is 7.74. The summed E-state index contributed by atoms with van der Waals surface area (Å²) in [6.45, 7) is 5.00. The minimum Gasteiger partial charge on any atom is -0.370 e. The minimum absolute atomic E-state index is 0.0837. The smallest absolute Gasteiger partial charge is 0.251 e. The molecular weight excluding hydrogens is 561 g/mol. The topological polar surface area (TPSA) is 73.4 Å². The SMILES string of the molecule is CN1CCC(CN2CCN(C(=O)COC[C@@H]3CC(F)(F)CCN3S(=O)(=O)c3c(Cl)cccc3Cl)CC2)CC1. The number of likely N-dealkylation sites (tertiary alicyclic amines) is 1. The maximum absolute atomic E-state index is 14.3. The van der Waals surface area contributed by atoms with Crippen molar-refractivity contribution in [3.63, 3.8) is 0 Å². The van der Waals surface area contributed by atoms with Crippen LogP contribution in [0.15, 0.2) is 23.1 Å². The summed E-state index contributed by atoms with van der Waals surface area (Å²) in [6.07, 6.45) is 1.06. The third kappa shape index (κ3) is 7.35. The highest BCUT2D eigenvalue weighted by molar-refractivity contribution is 7.89. The molecular formula is C25H36Cl2F2N4O4S. The highest BCUT2D eigenvalue weighted by atomic mass is 35.5. The molecule has 13 heteroatoms. The molecule has 0 aromatic heterocycles. The fraction of sp³-hybridized carbons (Fsp3) is 0.720. The normalized spacial score (nSPS) is 24.6. The summed E-state index contributed by atoms with van der Waals surface area (Å²) in [5.41, 5.74) is 0. The van der Waals surface area contributed by atoms with Crippen LogP contribution in [-0.4, -0.2) is 118 Å². The number of hydrogen-bond acceptors (Lipinski definition) is 6. The molecule has 0 radical (unpaired) electrons. The van der Waals surface area contributed by atoms with Crippen molar-refractivity contribution in [2.45, 2.75) is 42.5 Å². The summed E-state index contributed by atoms with van der Waals surface area (Å²) in [6, 6.07) is 3.12. The van der Waals surface area contributed by atoms with Gasteiger partial charge in [-0.15, -0.1) is 0 Å². The number of piperidine rings is 2. The molecule has 3 fully saturated rings. The van der Waals surface area contributed by atoms with E-state index in [0.29, 0.717) is 19.0 Å². The van der Waals surface area contributed by atoms with Crippen LogP contribution in [-0.2, 0) is 19.6 Å². The van der Waals surface area contributed by atoms with Crippen LogP contribution in [0.4, 0.5) is 8.78 Å². The lowest BCUT2D eigenvalue weighted by atomic mass is 9.96. The highest BCUT2D eigenvalue weighted by Crippen LogP contribution is 2.38. The molecule has 0 aliphatic carbocycles. The van der Waals surface area contributed by atoms with Crippen molar-refractivity contribution < 1.29 is 26.7 Å². The van der Waals surface area contributed by atoms with Crippen molar-refractivity contribution in [3.8, 4) is 0 Å². The van der Waals surface area contributed by atoms with E-state index in [9.17, 15) is 22.0 Å². The van der Waals surface area contributed by atoms with Gasteiger partial charge in [-0.3, -0.25) is 9.69 Å². The average molecular weight is 598 g/mol. The van der Waals surface area contributed by atoms with Crippen molar-refractivity contribution in [2.24, 2.45) is 5.92 Å². The summed E-state index contributed by atoms with van der Waals surface area (Å²) in [5.74, 6) is -2.58. The number of amides is 1. The standard InChI is InChI=1S/C25H36Cl2F2N4O4S/c1-30-8-5-19(6-9-30)16-31-11-13-32(14-12-31)23(34)18-37-17-20-15-25(28,29)7-10-33(20)38(35,36)24-21(26)3-2-4-22(24)27/h2-4,19-20H,5-18H2,1H3/t20-/m0/s1. The van der Waals surface area contributed by atoms with Gasteiger partial charge in [0.2, 0.25) is 15.9 Å². The van der Waals surface area contributed by atoms with Crippen LogP contribution in [0.3, 0.4) is 0 Å². The monoisotopic (exact) mass is 596 g/mol. The van der Waals surface area contributed by atoms with E-state index in [1.165, 1.54) is 31.0 Å². The van der Waals surface area contributed by atoms with E-state index in [4.69, 9.17) is 27.9 Å². The molecule has 8 nitrogen and oxygen atoms in total. The quantitative estimate of drug-likeness (QED) is 0.458. The van der Waals surface area contributed by atoms with Crippen LogP contribution in [0.1, 0.15) is 25.7 Å². The molecule has 1 aromatic carbocycles. The van der Waals surface area contributed by atoms with Crippen molar-refractivity contribution in [1.29, 1.82) is 0 Å². The minimum atomic E-state index is -4.26. The number of nitrogens with zero attached hydrogens (tertiary/aromatic N) is 4. The van der Waals surface area contributed by atoms with Gasteiger partial charge in [0.25, 0.3) is 5.92 Å². The van der Waals surface area contributed by atoms with Crippen LogP contribution < -0.4 is 0 Å². The summed E-state index contributed by atoms with van der Waals surface area (Å²) >= 11 is 12.2. The maximum atomic E-state index is 14.3. The molecule has 3 saturated heterocycles. The lowest BCUT2D eigenvalue weighted by Crippen LogP contribution is -2.53. The van der Waals surface area contributed by atoms with Crippen LogP contribution in [0, 0.1) is 5.92 Å². The van der Waals surface area contributed by atoms with Gasteiger partial charge in [-0.05, 0) is 51.0 Å². The number of benzene rings is 1. The molecule has 0 saturated carbocycles. The Labute approximate surface area is 233 Å². The molecule has 3 aliphatic heterocycles. The first-order chi connectivity index (χ1) is 18.0. The number of carbonyl (C=O) groups excluding carboxylic acids is 1. The Bertz CT molecular complexity index is 1060. The summed E-state index contributed by atoms with van der Waals surface area (Å²) in [7, 11) is -2.12. The summed E-state index contributed by atoms with van der Waals surface area (Å²) < 4.78 is 61.8. The maximum Gasteiger partial charge on any atom is 0.251 e. The van der Waals surface area contributed by atoms with E-state index >= 15 is 0 Å². The van der Waals surface area contributed by atoms with Gasteiger partial charge >= 0.3 is 0 Å². The van der Waals surface area contributed by atoms with E-state index in [-0.39, 0.29) is 34.1 Å². The zero-order chi connectivity index (χ0) is 27.5. The van der Waals surface area contributed by atoms with E-state index in [1.54, 1.807) is 4.90 Å². The van der Waals surface area contributed by atoms with Crippen LogP contribution in [0.25, 0.3) is 0 Å². The molecule has 1 aromatic rings. The lowest BCUT2D eigenvalue weighted by molar-refractivity contribution is -0.139. The van der Waals surface area contributed by atoms with Gasteiger partial charge in [-0.2, -0.15) is 4.31 Å². The van der Waals surface area contributed by atoms with Crippen LogP contribution in [0.2, 0.25) is 10.0 Å².